The van der Waals surface area contributed by atoms with E-state index in [-0.39, 0.29) is 11.8 Å². The van der Waals surface area contributed by atoms with E-state index in [2.05, 4.69) is 20.4 Å². The van der Waals surface area contributed by atoms with Crippen LogP contribution in [-0.2, 0) is 34.5 Å². The van der Waals surface area contributed by atoms with E-state index in [1.807, 2.05) is 56.3 Å². The third kappa shape index (κ3) is 4.15. The molecule has 1 aromatic carbocycles. The Morgan fingerprint density at radius 3 is 2.57 bits per heavy atom. The summed E-state index contributed by atoms with van der Waals surface area (Å²) in [5.74, 6) is -4.00. The molecule has 3 aliphatic heterocycles. The average Bonchev–Trinajstić information content (AvgIpc) is 3.67. The van der Waals surface area contributed by atoms with Gasteiger partial charge in [0.25, 0.3) is 0 Å². The number of carbonyl (C=O) groups is 1. The van der Waals surface area contributed by atoms with Gasteiger partial charge >= 0.3 is 11.9 Å². The monoisotopic (exact) mass is 636 g/mol. The highest BCUT2D eigenvalue weighted by molar-refractivity contribution is 5.82. The third-order valence-electron chi connectivity index (χ3n) is 12.1. The van der Waals surface area contributed by atoms with Crippen LogP contribution in [0.15, 0.2) is 66.8 Å². The van der Waals surface area contributed by atoms with Gasteiger partial charge in [-0.3, -0.25) is 0 Å². The van der Waals surface area contributed by atoms with Gasteiger partial charge in [-0.05, 0) is 50.0 Å². The number of epoxide rings is 1. The highest BCUT2D eigenvalue weighted by atomic mass is 16.9. The maximum atomic E-state index is 13.2. The number of carbonyl (C=O) groups excluding carboxylic acids is 1. The van der Waals surface area contributed by atoms with Crippen molar-refractivity contribution in [2.75, 3.05) is 6.61 Å². The van der Waals surface area contributed by atoms with E-state index in [9.17, 15) is 20.1 Å². The molecular weight excluding hydrogens is 588 g/mol. The molecule has 13 atom stereocenters. The lowest BCUT2D eigenvalue weighted by molar-refractivity contribution is -0.443. The highest BCUT2D eigenvalue weighted by Gasteiger charge is 2.89. The van der Waals surface area contributed by atoms with Crippen molar-refractivity contribution in [1.29, 1.82) is 0 Å². The lowest BCUT2D eigenvalue weighted by Crippen LogP contribution is -2.72. The summed E-state index contributed by atoms with van der Waals surface area (Å²) < 4.78 is 33.3. The molecule has 1 aromatic rings. The van der Waals surface area contributed by atoms with Crippen molar-refractivity contribution in [3.05, 3.63) is 72.4 Å². The molecule has 0 spiro atoms. The van der Waals surface area contributed by atoms with Crippen LogP contribution in [0, 0.1) is 23.7 Å². The van der Waals surface area contributed by atoms with E-state index in [0.717, 1.165) is 31.3 Å². The number of allylic oxidation sites excluding steroid dienone is 3. The molecule has 3 heterocycles. The molecule has 3 saturated carbocycles. The second-order valence-electron chi connectivity index (χ2n) is 14.7. The molecule has 250 valence electrons. The number of hydrogen-bond donors (Lipinski definition) is 3. The first-order valence-electron chi connectivity index (χ1n) is 17.0. The minimum atomic E-state index is -2.00. The number of aliphatic hydroxyl groups is 3. The molecule has 6 fully saturated rings. The van der Waals surface area contributed by atoms with Gasteiger partial charge in [0.05, 0.1) is 12.2 Å². The van der Waals surface area contributed by atoms with Crippen LogP contribution in [0.4, 0.5) is 0 Å². The number of rotatable bonds is 10. The summed E-state index contributed by atoms with van der Waals surface area (Å²) in [6, 6.07) is 9.48. The normalized spacial score (nSPS) is 48.2. The molecule has 3 saturated heterocycles. The molecule has 0 amide bonds. The lowest BCUT2D eigenvalue weighted by Gasteiger charge is -2.60. The molecule has 3 aliphatic carbocycles. The Hall–Kier alpha value is -2.37. The van der Waals surface area contributed by atoms with Crippen LogP contribution in [0.5, 0.6) is 0 Å². The number of hydrogen-bond acceptors (Lipinski definition) is 9. The Balaban J connectivity index is 1.30. The molecule has 0 radical (unpaired) electrons. The zero-order chi connectivity index (χ0) is 32.7. The van der Waals surface area contributed by atoms with Crippen molar-refractivity contribution in [2.24, 2.45) is 23.7 Å². The fourth-order valence-electron chi connectivity index (χ4n) is 9.94. The lowest BCUT2D eigenvalue weighted by atomic mass is 9.54. The Bertz CT molecular complexity index is 1430. The number of benzene rings is 1. The van der Waals surface area contributed by atoms with E-state index >= 15 is 0 Å². The van der Waals surface area contributed by atoms with E-state index in [1.165, 1.54) is 6.08 Å². The van der Waals surface area contributed by atoms with Crippen molar-refractivity contribution in [2.45, 2.75) is 119 Å². The first kappa shape index (κ1) is 32.2. The second-order valence-corrected chi connectivity index (χ2v) is 14.7. The van der Waals surface area contributed by atoms with Crippen LogP contribution in [-0.4, -0.2) is 74.7 Å². The van der Waals surface area contributed by atoms with Gasteiger partial charge in [-0.2, -0.15) is 0 Å². The van der Waals surface area contributed by atoms with E-state index in [0.29, 0.717) is 18.4 Å². The largest absolute Gasteiger partial charge is 0.456 e. The average molecular weight is 637 g/mol. The predicted octanol–water partition coefficient (Wildman–Crippen LogP) is 4.45. The van der Waals surface area contributed by atoms with Gasteiger partial charge in [0.1, 0.15) is 41.2 Å². The molecule has 0 aromatic heterocycles. The fraction of sp³-hybridized carbons (Fsp3) is 0.649. The van der Waals surface area contributed by atoms with Crippen molar-refractivity contribution >= 4 is 5.97 Å². The van der Waals surface area contributed by atoms with Gasteiger partial charge in [0, 0.05) is 23.5 Å². The number of aliphatic hydroxyl groups excluding tert-OH is 2. The van der Waals surface area contributed by atoms with Crippen LogP contribution in [0.1, 0.15) is 71.8 Å². The second kappa shape index (κ2) is 11.1. The summed E-state index contributed by atoms with van der Waals surface area (Å²) in [7, 11) is 0. The Morgan fingerprint density at radius 1 is 1.11 bits per heavy atom. The van der Waals surface area contributed by atoms with Crippen molar-refractivity contribution in [3.8, 4) is 0 Å². The van der Waals surface area contributed by atoms with E-state index < -0.39 is 77.2 Å². The van der Waals surface area contributed by atoms with E-state index in [1.54, 1.807) is 6.08 Å². The molecule has 3 bridgehead atoms. The first-order chi connectivity index (χ1) is 22.0. The Morgan fingerprint density at radius 2 is 1.87 bits per heavy atom. The van der Waals surface area contributed by atoms with Gasteiger partial charge < -0.3 is 39.0 Å². The Kier molecular flexibility index (Phi) is 7.76. The van der Waals surface area contributed by atoms with Crippen molar-refractivity contribution in [1.82, 2.24) is 0 Å². The number of fused-ring (bicyclic) bond motifs is 3. The molecule has 9 nitrogen and oxygen atoms in total. The smallest absolute Gasteiger partial charge is 0.331 e. The summed E-state index contributed by atoms with van der Waals surface area (Å²) in [6.45, 7) is 11.9. The standard InChI is InChI=1S/C37H48O9/c1-6-7-8-9-10-11-15-18-27(39)42-29-23(4)19-26-35(29,41)32(40)34(21-38)31(43-34)28-30-33(22(2)3)20-24(5)36(26,28)46-37(44-30,45-33)25-16-13-12-14-17-25/h10-18,23-24,26,28-32,38,40-41H,2,6-9,19-21H2,1,3-5H3. The predicted molar refractivity (Wildman–Crippen MR) is 168 cm³/mol. The quantitative estimate of drug-likeness (QED) is 0.0853. The molecule has 6 aliphatic rings. The number of ether oxygens (including phenoxy) is 5. The molecular formula is C37H48O9. The van der Waals surface area contributed by atoms with Crippen molar-refractivity contribution < 1.29 is 43.8 Å². The van der Waals surface area contributed by atoms with E-state index in [4.69, 9.17) is 23.7 Å². The summed E-state index contributed by atoms with van der Waals surface area (Å²) in [6.07, 6.45) is 8.11. The molecule has 46 heavy (non-hydrogen) atoms. The Labute approximate surface area is 271 Å². The van der Waals surface area contributed by atoms with Crippen LogP contribution in [0.3, 0.4) is 0 Å². The number of unbranched alkanes of at least 4 members (excludes halogenated alkanes) is 3. The van der Waals surface area contributed by atoms with Gasteiger partial charge in [-0.1, -0.05) is 88.8 Å². The molecule has 3 N–H and O–H groups in total. The van der Waals surface area contributed by atoms with Gasteiger partial charge in [-0.25, -0.2) is 4.79 Å². The van der Waals surface area contributed by atoms with Crippen molar-refractivity contribution in [3.63, 3.8) is 0 Å². The molecule has 9 heteroatoms. The van der Waals surface area contributed by atoms with Crippen LogP contribution in [0.2, 0.25) is 0 Å². The fourth-order valence-corrected chi connectivity index (χ4v) is 9.94. The number of esters is 1. The van der Waals surface area contributed by atoms with Gasteiger partial charge in [-0.15, -0.1) is 0 Å². The summed E-state index contributed by atoms with van der Waals surface area (Å²) >= 11 is 0. The summed E-state index contributed by atoms with van der Waals surface area (Å²) in [4.78, 5) is 13.2. The highest BCUT2D eigenvalue weighted by Crippen LogP contribution is 2.75. The zero-order valence-electron chi connectivity index (χ0n) is 27.3. The summed E-state index contributed by atoms with van der Waals surface area (Å²) in [5, 5.41) is 36.0. The maximum Gasteiger partial charge on any atom is 0.331 e. The van der Waals surface area contributed by atoms with Crippen LogP contribution < -0.4 is 0 Å². The topological polar surface area (TPSA) is 127 Å². The SMILES string of the molecule is C=C(C)C12CC(C)C34OC(c5ccccc5)(OC1C3C1OC1(CO)C(O)C1(O)C(OC(=O)C=CC=CCCCCC)C(C)CC14)O2. The minimum absolute atomic E-state index is 0.221. The minimum Gasteiger partial charge on any atom is -0.456 e. The summed E-state index contributed by atoms with van der Waals surface area (Å²) in [5.41, 5.74) is -4.09. The zero-order valence-corrected chi connectivity index (χ0v) is 27.3. The van der Waals surface area contributed by atoms with Crippen LogP contribution >= 0.6 is 0 Å². The first-order valence-corrected chi connectivity index (χ1v) is 17.0. The van der Waals surface area contributed by atoms with Gasteiger partial charge in [0.15, 0.2) is 0 Å². The maximum absolute atomic E-state index is 13.2. The molecule has 13 unspecified atom stereocenters. The molecule has 7 rings (SSSR count). The van der Waals surface area contributed by atoms with Gasteiger partial charge in [0.2, 0.25) is 0 Å². The van der Waals surface area contributed by atoms with Crippen LogP contribution in [0.25, 0.3) is 0 Å². The third-order valence-corrected chi connectivity index (χ3v) is 12.1.